The molecule has 0 radical (unpaired) electrons. The molecule has 0 spiro atoms. The molecule has 3 nitrogen and oxygen atoms in total. The molecule has 3 rings (SSSR count). The first-order valence-corrected chi connectivity index (χ1v) is 7.92. The summed E-state index contributed by atoms with van der Waals surface area (Å²) in [6.45, 7) is 2.03. The standard InChI is InChI=1S/C16H12Br2N2O/c1-9-8-12(18)6-7-13(9)15-14(16(19)20-21-15)10-2-4-11(17)5-3-10/h2-8H,1H3,(H2,19,20). The van der Waals surface area contributed by atoms with Gasteiger partial charge in [-0.1, -0.05) is 49.1 Å². The molecule has 106 valence electrons. The summed E-state index contributed by atoms with van der Waals surface area (Å²) in [6.07, 6.45) is 0. The van der Waals surface area contributed by atoms with E-state index in [1.165, 1.54) is 0 Å². The SMILES string of the molecule is Cc1cc(Br)ccc1-c1onc(N)c1-c1ccc(Br)cc1. The fourth-order valence-electron chi connectivity index (χ4n) is 2.26. The molecular formula is C16H12Br2N2O. The van der Waals surface area contributed by atoms with Gasteiger partial charge in [0.05, 0.1) is 5.56 Å². The van der Waals surface area contributed by atoms with Crippen molar-refractivity contribution in [3.8, 4) is 22.5 Å². The van der Waals surface area contributed by atoms with Gasteiger partial charge in [0.15, 0.2) is 11.6 Å². The van der Waals surface area contributed by atoms with Crippen molar-refractivity contribution in [3.63, 3.8) is 0 Å². The molecule has 0 unspecified atom stereocenters. The summed E-state index contributed by atoms with van der Waals surface area (Å²) in [5.74, 6) is 1.09. The molecule has 2 N–H and O–H groups in total. The van der Waals surface area contributed by atoms with Crippen molar-refractivity contribution in [2.24, 2.45) is 0 Å². The summed E-state index contributed by atoms with van der Waals surface area (Å²) >= 11 is 6.90. The van der Waals surface area contributed by atoms with Gasteiger partial charge in [-0.2, -0.15) is 0 Å². The summed E-state index contributed by atoms with van der Waals surface area (Å²) in [5.41, 5.74) is 9.89. The van der Waals surface area contributed by atoms with Crippen LogP contribution in [0.1, 0.15) is 5.56 Å². The molecule has 0 saturated heterocycles. The van der Waals surface area contributed by atoms with Crippen molar-refractivity contribution >= 4 is 37.7 Å². The highest BCUT2D eigenvalue weighted by Crippen LogP contribution is 2.38. The Kier molecular flexibility index (Phi) is 3.87. The minimum Gasteiger partial charge on any atom is -0.380 e. The molecule has 3 aromatic rings. The summed E-state index contributed by atoms with van der Waals surface area (Å²) in [6, 6.07) is 13.9. The highest BCUT2D eigenvalue weighted by molar-refractivity contribution is 9.10. The number of aromatic nitrogens is 1. The zero-order chi connectivity index (χ0) is 15.0. The van der Waals surface area contributed by atoms with Crippen LogP contribution in [0, 0.1) is 6.92 Å². The highest BCUT2D eigenvalue weighted by Gasteiger charge is 2.19. The van der Waals surface area contributed by atoms with Crippen LogP contribution < -0.4 is 5.73 Å². The normalized spacial score (nSPS) is 10.8. The van der Waals surface area contributed by atoms with Crippen LogP contribution in [-0.4, -0.2) is 5.16 Å². The third-order valence-corrected chi connectivity index (χ3v) is 4.31. The van der Waals surface area contributed by atoms with Gasteiger partial charge in [-0.15, -0.1) is 0 Å². The minimum absolute atomic E-state index is 0.398. The van der Waals surface area contributed by atoms with Crippen LogP contribution in [0.15, 0.2) is 55.9 Å². The van der Waals surface area contributed by atoms with Gasteiger partial charge in [-0.3, -0.25) is 0 Å². The number of nitrogens with two attached hydrogens (primary N) is 1. The van der Waals surface area contributed by atoms with E-state index in [1.54, 1.807) is 0 Å². The average molecular weight is 408 g/mol. The van der Waals surface area contributed by atoms with E-state index in [0.717, 1.165) is 31.2 Å². The molecule has 1 heterocycles. The Balaban J connectivity index is 2.19. The summed E-state index contributed by atoms with van der Waals surface area (Å²) in [7, 11) is 0. The molecule has 0 bridgehead atoms. The lowest BCUT2D eigenvalue weighted by atomic mass is 9.99. The van der Waals surface area contributed by atoms with Gasteiger partial charge in [0.1, 0.15) is 0 Å². The van der Waals surface area contributed by atoms with Gasteiger partial charge >= 0.3 is 0 Å². The largest absolute Gasteiger partial charge is 0.380 e. The second-order valence-electron chi connectivity index (χ2n) is 4.74. The van der Waals surface area contributed by atoms with E-state index in [1.807, 2.05) is 49.4 Å². The van der Waals surface area contributed by atoms with Crippen LogP contribution in [0.3, 0.4) is 0 Å². The Morgan fingerprint density at radius 1 is 1.00 bits per heavy atom. The predicted octanol–water partition coefficient (Wildman–Crippen LogP) is 5.42. The maximum atomic E-state index is 6.00. The highest BCUT2D eigenvalue weighted by atomic mass is 79.9. The summed E-state index contributed by atoms with van der Waals surface area (Å²) in [4.78, 5) is 0. The number of nitrogen functional groups attached to an aromatic ring is 1. The fraction of sp³-hybridized carbons (Fsp3) is 0.0625. The van der Waals surface area contributed by atoms with Crippen LogP contribution in [0.5, 0.6) is 0 Å². The van der Waals surface area contributed by atoms with Crippen LogP contribution in [-0.2, 0) is 0 Å². The van der Waals surface area contributed by atoms with E-state index in [0.29, 0.717) is 11.6 Å². The maximum absolute atomic E-state index is 6.00. The molecule has 0 saturated carbocycles. The molecule has 2 aromatic carbocycles. The molecule has 21 heavy (non-hydrogen) atoms. The third kappa shape index (κ3) is 2.76. The van der Waals surface area contributed by atoms with Crippen molar-refractivity contribution in [3.05, 3.63) is 57.0 Å². The Labute approximate surface area is 139 Å². The lowest BCUT2D eigenvalue weighted by Crippen LogP contribution is -1.90. The Hall–Kier alpha value is -1.59. The van der Waals surface area contributed by atoms with Crippen molar-refractivity contribution < 1.29 is 4.52 Å². The zero-order valence-corrected chi connectivity index (χ0v) is 14.4. The average Bonchev–Trinajstić information content (AvgIpc) is 2.82. The Morgan fingerprint density at radius 3 is 2.33 bits per heavy atom. The minimum atomic E-state index is 0.398. The monoisotopic (exact) mass is 406 g/mol. The number of rotatable bonds is 2. The maximum Gasteiger partial charge on any atom is 0.177 e. The molecular weight excluding hydrogens is 396 g/mol. The summed E-state index contributed by atoms with van der Waals surface area (Å²) in [5, 5.41) is 3.93. The first-order valence-electron chi connectivity index (χ1n) is 6.34. The molecule has 0 aliphatic rings. The second kappa shape index (κ2) is 5.66. The molecule has 0 atom stereocenters. The van der Waals surface area contributed by atoms with Crippen molar-refractivity contribution in [2.45, 2.75) is 6.92 Å². The van der Waals surface area contributed by atoms with E-state index in [2.05, 4.69) is 37.0 Å². The number of halogens is 2. The lowest BCUT2D eigenvalue weighted by molar-refractivity contribution is 0.436. The van der Waals surface area contributed by atoms with Crippen molar-refractivity contribution in [2.75, 3.05) is 5.73 Å². The van der Waals surface area contributed by atoms with Gasteiger partial charge in [0.25, 0.3) is 0 Å². The quantitative estimate of drug-likeness (QED) is 0.616. The smallest absolute Gasteiger partial charge is 0.177 e. The number of aryl methyl sites for hydroxylation is 1. The molecule has 0 aliphatic carbocycles. The number of anilines is 1. The van der Waals surface area contributed by atoms with Crippen molar-refractivity contribution in [1.29, 1.82) is 0 Å². The van der Waals surface area contributed by atoms with E-state index >= 15 is 0 Å². The number of hydrogen-bond acceptors (Lipinski definition) is 3. The first kappa shape index (κ1) is 14.4. The molecule has 0 aliphatic heterocycles. The van der Waals surface area contributed by atoms with Gasteiger partial charge in [-0.05, 0) is 48.4 Å². The predicted molar refractivity (Wildman–Crippen MR) is 91.9 cm³/mol. The summed E-state index contributed by atoms with van der Waals surface area (Å²) < 4.78 is 7.53. The van der Waals surface area contributed by atoms with Gasteiger partial charge in [0, 0.05) is 14.5 Å². The van der Waals surface area contributed by atoms with E-state index in [4.69, 9.17) is 10.3 Å². The van der Waals surface area contributed by atoms with E-state index in [9.17, 15) is 0 Å². The fourth-order valence-corrected chi connectivity index (χ4v) is 3.00. The van der Waals surface area contributed by atoms with Crippen LogP contribution in [0.2, 0.25) is 0 Å². The lowest BCUT2D eigenvalue weighted by Gasteiger charge is -2.06. The Bertz CT molecular complexity index is 795. The molecule has 0 amide bonds. The third-order valence-electron chi connectivity index (χ3n) is 3.28. The molecule has 5 heteroatoms. The topological polar surface area (TPSA) is 52.0 Å². The molecule has 1 aromatic heterocycles. The van der Waals surface area contributed by atoms with Crippen molar-refractivity contribution in [1.82, 2.24) is 5.16 Å². The van der Waals surface area contributed by atoms with Gasteiger partial charge < -0.3 is 10.3 Å². The van der Waals surface area contributed by atoms with Crippen LogP contribution in [0.25, 0.3) is 22.5 Å². The van der Waals surface area contributed by atoms with Crippen LogP contribution >= 0.6 is 31.9 Å². The van der Waals surface area contributed by atoms with E-state index in [-0.39, 0.29) is 0 Å². The first-order chi connectivity index (χ1) is 10.1. The molecule has 0 fully saturated rings. The second-order valence-corrected chi connectivity index (χ2v) is 6.57. The van der Waals surface area contributed by atoms with Crippen LogP contribution in [0.4, 0.5) is 5.82 Å². The number of hydrogen-bond donors (Lipinski definition) is 1. The van der Waals surface area contributed by atoms with Gasteiger partial charge in [-0.25, -0.2) is 0 Å². The van der Waals surface area contributed by atoms with Gasteiger partial charge in [0.2, 0.25) is 0 Å². The van der Waals surface area contributed by atoms with E-state index < -0.39 is 0 Å². The zero-order valence-electron chi connectivity index (χ0n) is 11.2. The number of nitrogens with zero attached hydrogens (tertiary/aromatic N) is 1. The Morgan fingerprint density at radius 2 is 1.67 bits per heavy atom. The number of benzene rings is 2.